The highest BCUT2D eigenvalue weighted by Crippen LogP contribution is 2.45. The van der Waals surface area contributed by atoms with E-state index in [1.807, 2.05) is 47.6 Å². The summed E-state index contributed by atoms with van der Waals surface area (Å²) < 4.78 is 14.1. The molecule has 0 saturated heterocycles. The minimum atomic E-state index is -0.602. The number of ether oxygens (including phenoxy) is 2. The zero-order valence-electron chi connectivity index (χ0n) is 19.9. The molecule has 3 rings (SSSR count). The van der Waals surface area contributed by atoms with Crippen molar-refractivity contribution in [3.63, 3.8) is 0 Å². The van der Waals surface area contributed by atoms with E-state index in [0.29, 0.717) is 14.8 Å². The Balaban J connectivity index is 1.92. The molecule has 1 saturated carbocycles. The maximum atomic E-state index is 12.5. The van der Waals surface area contributed by atoms with Crippen molar-refractivity contribution in [2.24, 2.45) is 22.7 Å². The smallest absolute Gasteiger partial charge is 0.311 e. The van der Waals surface area contributed by atoms with Gasteiger partial charge in [-0.15, -0.1) is 0 Å². The molecule has 33 heavy (non-hydrogen) atoms. The van der Waals surface area contributed by atoms with Gasteiger partial charge in [-0.1, -0.05) is 23.2 Å². The van der Waals surface area contributed by atoms with Crippen molar-refractivity contribution < 1.29 is 19.1 Å². The van der Waals surface area contributed by atoms with Gasteiger partial charge in [0.2, 0.25) is 0 Å². The van der Waals surface area contributed by atoms with Crippen LogP contribution in [-0.2, 0) is 19.1 Å². The molecule has 9 heteroatoms. The number of rotatable bonds is 5. The second-order valence-corrected chi connectivity index (χ2v) is 12.3. The first-order valence-corrected chi connectivity index (χ1v) is 12.6. The highest BCUT2D eigenvalue weighted by Gasteiger charge is 2.41. The fourth-order valence-electron chi connectivity index (χ4n) is 4.07. The van der Waals surface area contributed by atoms with Gasteiger partial charge in [0.25, 0.3) is 0 Å². The number of nitrogens with zero attached hydrogens (tertiary/aromatic N) is 2. The Labute approximate surface area is 213 Å². The van der Waals surface area contributed by atoms with Gasteiger partial charge in [0.15, 0.2) is 4.73 Å². The molecule has 0 N–H and O–H groups in total. The summed E-state index contributed by atoms with van der Waals surface area (Å²) in [6.45, 7) is 11.5. The van der Waals surface area contributed by atoms with Crippen molar-refractivity contribution in [3.05, 3.63) is 26.9 Å². The number of aromatic nitrogens is 2. The van der Waals surface area contributed by atoms with Crippen LogP contribution in [0.2, 0.25) is 10.0 Å². The first kappa shape index (κ1) is 26.3. The lowest BCUT2D eigenvalue weighted by Gasteiger charge is -2.28. The molecule has 1 aliphatic carbocycles. The summed E-state index contributed by atoms with van der Waals surface area (Å²) in [6.07, 6.45) is 1.65. The van der Waals surface area contributed by atoms with Crippen LogP contribution < -0.4 is 0 Å². The van der Waals surface area contributed by atoms with E-state index < -0.39 is 10.8 Å². The molecule has 0 spiro atoms. The summed E-state index contributed by atoms with van der Waals surface area (Å²) in [5, 5.41) is 0.887. The highest BCUT2D eigenvalue weighted by atomic mass is 79.9. The molecule has 182 valence electrons. The Hall–Kier alpha value is -1.31. The first-order valence-electron chi connectivity index (χ1n) is 11.1. The normalized spacial score (nSPS) is 21.4. The molecule has 1 heterocycles. The molecule has 1 aliphatic rings. The molecule has 0 radical (unpaired) electrons. The van der Waals surface area contributed by atoms with Crippen LogP contribution in [0.4, 0.5) is 0 Å². The van der Waals surface area contributed by atoms with Gasteiger partial charge in [-0.05, 0) is 82.4 Å². The quantitative estimate of drug-likeness (QED) is 0.373. The van der Waals surface area contributed by atoms with Gasteiger partial charge < -0.3 is 14.0 Å². The molecular formula is C24H31BrCl2N2O4. The van der Waals surface area contributed by atoms with E-state index in [2.05, 4.69) is 25.5 Å². The monoisotopic (exact) mass is 560 g/mol. The number of halogens is 3. The second kappa shape index (κ2) is 9.74. The Morgan fingerprint density at radius 3 is 2.12 bits per heavy atom. The van der Waals surface area contributed by atoms with E-state index in [9.17, 15) is 9.59 Å². The number of hydrogen-bond acceptors (Lipinski definition) is 5. The summed E-state index contributed by atoms with van der Waals surface area (Å²) in [6, 6.07) is 3.53. The zero-order valence-corrected chi connectivity index (χ0v) is 23.0. The number of carbonyl (C=O) groups excluding carboxylic acids is 2. The van der Waals surface area contributed by atoms with Crippen LogP contribution in [0, 0.1) is 22.7 Å². The predicted molar refractivity (Wildman–Crippen MR) is 134 cm³/mol. The fourth-order valence-corrected chi connectivity index (χ4v) is 5.03. The number of carbonyl (C=O) groups is 2. The van der Waals surface area contributed by atoms with Crippen LogP contribution in [0.25, 0.3) is 11.0 Å². The van der Waals surface area contributed by atoms with E-state index in [-0.39, 0.29) is 43.0 Å². The van der Waals surface area contributed by atoms with Gasteiger partial charge in [0.1, 0.15) is 0 Å². The molecule has 0 bridgehead atoms. The molecule has 0 amide bonds. The highest BCUT2D eigenvalue weighted by molar-refractivity contribution is 9.10. The summed E-state index contributed by atoms with van der Waals surface area (Å²) in [7, 11) is 0. The zero-order chi connectivity index (χ0) is 24.7. The Morgan fingerprint density at radius 1 is 1.00 bits per heavy atom. The number of fused-ring (bicyclic) bond motifs is 1. The average Bonchev–Trinajstić information content (AvgIpc) is 3.22. The largest absolute Gasteiger partial charge is 0.465 e. The predicted octanol–water partition coefficient (Wildman–Crippen LogP) is 6.85. The number of hydrogen-bond donors (Lipinski definition) is 0. The van der Waals surface area contributed by atoms with Gasteiger partial charge >= 0.3 is 11.9 Å². The van der Waals surface area contributed by atoms with E-state index in [1.165, 1.54) is 0 Å². The van der Waals surface area contributed by atoms with Crippen molar-refractivity contribution in [2.75, 3.05) is 13.2 Å². The van der Waals surface area contributed by atoms with E-state index in [0.717, 1.165) is 23.9 Å². The van der Waals surface area contributed by atoms with Crippen LogP contribution in [0.5, 0.6) is 0 Å². The third kappa shape index (κ3) is 5.85. The van der Waals surface area contributed by atoms with Crippen molar-refractivity contribution in [2.45, 2.75) is 60.4 Å². The van der Waals surface area contributed by atoms with Crippen LogP contribution in [0.3, 0.4) is 0 Å². The van der Waals surface area contributed by atoms with E-state index in [1.54, 1.807) is 6.07 Å². The lowest BCUT2D eigenvalue weighted by molar-refractivity contribution is -0.158. The van der Waals surface area contributed by atoms with Gasteiger partial charge in [-0.3, -0.25) is 9.59 Å². The van der Waals surface area contributed by atoms with Crippen LogP contribution >= 0.6 is 39.1 Å². The molecular weight excluding hydrogens is 531 g/mol. The maximum Gasteiger partial charge on any atom is 0.311 e. The summed E-state index contributed by atoms with van der Waals surface area (Å²) in [4.78, 5) is 29.5. The molecule has 1 fully saturated rings. The maximum absolute atomic E-state index is 12.5. The summed E-state index contributed by atoms with van der Waals surface area (Å²) >= 11 is 16.1. The SMILES string of the molecule is CC(C)(C)C(=O)OCC1CCC(n2c(Br)nc3cc(Cl)c(Cl)cc32)C1COC(=O)C(C)(C)C. The van der Waals surface area contributed by atoms with Gasteiger partial charge in [-0.25, -0.2) is 4.98 Å². The third-order valence-electron chi connectivity index (χ3n) is 6.01. The molecule has 0 aliphatic heterocycles. The fraction of sp³-hybridized carbons (Fsp3) is 0.625. The van der Waals surface area contributed by atoms with Crippen molar-refractivity contribution in [1.29, 1.82) is 0 Å². The minimum absolute atomic E-state index is 0.0206. The number of esters is 2. The molecule has 2 aromatic rings. The van der Waals surface area contributed by atoms with Crippen LogP contribution in [0.1, 0.15) is 60.4 Å². The summed E-state index contributed by atoms with van der Waals surface area (Å²) in [5.74, 6) is -0.525. The van der Waals surface area contributed by atoms with Crippen molar-refractivity contribution >= 4 is 62.1 Å². The van der Waals surface area contributed by atoms with E-state index in [4.69, 9.17) is 32.7 Å². The molecule has 1 aromatic carbocycles. The van der Waals surface area contributed by atoms with Crippen LogP contribution in [-0.4, -0.2) is 34.7 Å². The lowest BCUT2D eigenvalue weighted by atomic mass is 9.93. The minimum Gasteiger partial charge on any atom is -0.465 e. The van der Waals surface area contributed by atoms with Crippen molar-refractivity contribution in [3.8, 4) is 0 Å². The molecule has 3 atom stereocenters. The number of imidazole rings is 1. The van der Waals surface area contributed by atoms with Gasteiger partial charge in [0, 0.05) is 17.9 Å². The van der Waals surface area contributed by atoms with Crippen LogP contribution in [0.15, 0.2) is 16.9 Å². The average molecular weight is 562 g/mol. The molecule has 3 unspecified atom stereocenters. The lowest BCUT2D eigenvalue weighted by Crippen LogP contribution is -2.32. The first-order chi connectivity index (χ1) is 15.2. The third-order valence-corrected chi connectivity index (χ3v) is 7.29. The molecule has 1 aromatic heterocycles. The van der Waals surface area contributed by atoms with Crippen molar-refractivity contribution in [1.82, 2.24) is 9.55 Å². The topological polar surface area (TPSA) is 70.4 Å². The molecule has 6 nitrogen and oxygen atoms in total. The Kier molecular flexibility index (Phi) is 7.77. The van der Waals surface area contributed by atoms with Gasteiger partial charge in [0.05, 0.1) is 45.1 Å². The standard InChI is InChI=1S/C24H31BrCl2N2O4/c1-23(2,3)20(30)32-11-13-7-8-18(14(13)12-33-21(31)24(4,5)6)29-19-10-16(27)15(26)9-17(19)28-22(29)25/h9-10,13-14,18H,7-8,11-12H2,1-6H3. The number of benzene rings is 1. The summed E-state index contributed by atoms with van der Waals surface area (Å²) in [5.41, 5.74) is 0.394. The second-order valence-electron chi connectivity index (χ2n) is 10.8. The van der Waals surface area contributed by atoms with E-state index >= 15 is 0 Å². The Morgan fingerprint density at radius 2 is 1.55 bits per heavy atom. The van der Waals surface area contributed by atoms with Gasteiger partial charge in [-0.2, -0.15) is 0 Å². The Bertz CT molecular complexity index is 1060.